The third-order valence-corrected chi connectivity index (χ3v) is 6.97. The highest BCUT2D eigenvalue weighted by Crippen LogP contribution is 2.18. The van der Waals surface area contributed by atoms with Gasteiger partial charge in [0.2, 0.25) is 0 Å². The number of aryl methyl sites for hydroxylation is 1. The summed E-state index contributed by atoms with van der Waals surface area (Å²) in [5, 5.41) is 9.83. The number of sulfonamides is 1. The lowest BCUT2D eigenvalue weighted by molar-refractivity contribution is 0.248. The number of benzene rings is 2. The summed E-state index contributed by atoms with van der Waals surface area (Å²) in [4.78, 5) is 0.925. The highest BCUT2D eigenvalue weighted by Gasteiger charge is 2.16. The maximum absolute atomic E-state index is 12.5. The summed E-state index contributed by atoms with van der Waals surface area (Å²) in [5.41, 5.74) is 0.980. The van der Waals surface area contributed by atoms with Gasteiger partial charge in [-0.15, -0.1) is 10.3 Å². The first-order chi connectivity index (χ1) is 10.9. The fourth-order valence-electron chi connectivity index (χ4n) is 1.85. The molecule has 23 heavy (non-hydrogen) atoms. The van der Waals surface area contributed by atoms with Crippen LogP contribution in [0.1, 0.15) is 5.56 Å². The lowest BCUT2D eigenvalue weighted by Crippen LogP contribution is -2.15. The summed E-state index contributed by atoms with van der Waals surface area (Å²) in [6, 6.07) is 15.7. The molecule has 2 aromatic carbocycles. The van der Waals surface area contributed by atoms with Gasteiger partial charge in [-0.2, -0.15) is 8.42 Å². The molecule has 2 aromatic rings. The Morgan fingerprint density at radius 2 is 1.78 bits per heavy atom. The zero-order chi connectivity index (χ0) is 16.9. The Hall–Kier alpha value is -1.76. The maximum Gasteiger partial charge on any atom is 0.288 e. The monoisotopic (exact) mass is 349 g/mol. The van der Waals surface area contributed by atoms with E-state index in [1.807, 2.05) is 37.3 Å². The van der Waals surface area contributed by atoms with Crippen LogP contribution in [0.2, 0.25) is 0 Å². The molecule has 2 rings (SSSR count). The molecular formula is C17H19NO3S2. The molecule has 2 atom stereocenters. The Labute approximate surface area is 139 Å². The van der Waals surface area contributed by atoms with Crippen molar-refractivity contribution >= 4 is 20.7 Å². The van der Waals surface area contributed by atoms with Crippen molar-refractivity contribution in [1.82, 2.24) is 0 Å². The van der Waals surface area contributed by atoms with Crippen molar-refractivity contribution in [3.63, 3.8) is 0 Å². The molecule has 0 radical (unpaired) electrons. The molecule has 0 heterocycles. The molecule has 122 valence electrons. The first-order valence-electron chi connectivity index (χ1n) is 7.04. The Morgan fingerprint density at radius 1 is 1.17 bits per heavy atom. The number of nitrogens with zero attached hydrogens (tertiary/aromatic N) is 1. The molecule has 0 amide bonds. The van der Waals surface area contributed by atoms with Crippen LogP contribution in [0, 0.1) is 6.92 Å². The van der Waals surface area contributed by atoms with Crippen LogP contribution < -0.4 is 0 Å². The first-order valence-corrected chi connectivity index (χ1v) is 9.83. The third-order valence-electron chi connectivity index (χ3n) is 3.12. The Kier molecular flexibility index (Phi) is 5.87. The van der Waals surface area contributed by atoms with E-state index in [-0.39, 0.29) is 10.6 Å². The SMILES string of the molecule is C=C[C@@H](O)C/S(=N\S(=O)(=O)c1ccc(C)cc1)c1ccccc1. The van der Waals surface area contributed by atoms with Crippen LogP contribution in [0.5, 0.6) is 0 Å². The predicted octanol–water partition coefficient (Wildman–Crippen LogP) is 3.09. The molecule has 0 aliphatic rings. The zero-order valence-corrected chi connectivity index (χ0v) is 14.4. The minimum Gasteiger partial charge on any atom is -0.388 e. The number of hydrogen-bond acceptors (Lipinski definition) is 3. The summed E-state index contributed by atoms with van der Waals surface area (Å²) in [7, 11) is -4.76. The number of aliphatic hydroxyl groups excluding tert-OH is 1. The molecule has 4 nitrogen and oxygen atoms in total. The Morgan fingerprint density at radius 3 is 2.35 bits per heavy atom. The van der Waals surface area contributed by atoms with Crippen molar-refractivity contribution in [3.8, 4) is 0 Å². The molecule has 0 saturated heterocycles. The van der Waals surface area contributed by atoms with Gasteiger partial charge in [0.25, 0.3) is 10.0 Å². The Balaban J connectivity index is 2.46. The van der Waals surface area contributed by atoms with Crippen molar-refractivity contribution < 1.29 is 13.5 Å². The number of hydrogen-bond donors (Lipinski definition) is 1. The maximum atomic E-state index is 12.5. The summed E-state index contributed by atoms with van der Waals surface area (Å²) >= 11 is 0. The standard InChI is InChI=1S/C17H19NO3S2/c1-3-15(19)13-22(16-7-5-4-6-8-16)18-23(20,21)17-11-9-14(2)10-12-17/h3-12,15,19H,1,13H2,2H3/t15-,22?/m1/s1. The van der Waals surface area contributed by atoms with Crippen LogP contribution in [0.25, 0.3) is 0 Å². The smallest absolute Gasteiger partial charge is 0.288 e. The van der Waals surface area contributed by atoms with Gasteiger partial charge in [-0.25, -0.2) is 0 Å². The van der Waals surface area contributed by atoms with Crippen LogP contribution in [-0.2, 0) is 20.7 Å². The van der Waals surface area contributed by atoms with Gasteiger partial charge >= 0.3 is 0 Å². The lowest BCUT2D eigenvalue weighted by Gasteiger charge is -2.11. The molecule has 0 saturated carbocycles. The van der Waals surface area contributed by atoms with Gasteiger partial charge < -0.3 is 5.11 Å². The van der Waals surface area contributed by atoms with Gasteiger partial charge in [-0.3, -0.25) is 0 Å². The fourth-order valence-corrected chi connectivity index (χ4v) is 5.33. The molecule has 0 aliphatic heterocycles. The molecule has 1 N–H and O–H groups in total. The summed E-state index contributed by atoms with van der Waals surface area (Å²) in [6.07, 6.45) is 0.576. The van der Waals surface area contributed by atoms with Crippen molar-refractivity contribution in [1.29, 1.82) is 0 Å². The van der Waals surface area contributed by atoms with Crippen molar-refractivity contribution in [3.05, 3.63) is 72.8 Å². The number of rotatable bonds is 6. The average Bonchev–Trinajstić information content (AvgIpc) is 2.55. The van der Waals surface area contributed by atoms with E-state index < -0.39 is 26.8 Å². The third kappa shape index (κ3) is 4.86. The minimum atomic E-state index is -3.79. The molecule has 6 heteroatoms. The number of aliphatic hydroxyl groups is 1. The van der Waals surface area contributed by atoms with Crippen molar-refractivity contribution in [2.24, 2.45) is 3.77 Å². The van der Waals surface area contributed by atoms with Gasteiger partial charge in [-0.1, -0.05) is 42.0 Å². The molecule has 0 bridgehead atoms. The molecule has 1 unspecified atom stereocenters. The fraction of sp³-hybridized carbons (Fsp3) is 0.176. The molecule has 0 spiro atoms. The molecule has 0 aromatic heterocycles. The van der Waals surface area contributed by atoms with E-state index in [2.05, 4.69) is 10.3 Å². The molecule has 0 fully saturated rings. The van der Waals surface area contributed by atoms with E-state index in [9.17, 15) is 13.5 Å². The Bertz CT molecular complexity index is 797. The van der Waals surface area contributed by atoms with E-state index in [1.165, 1.54) is 6.08 Å². The second-order valence-corrected chi connectivity index (χ2v) is 8.56. The van der Waals surface area contributed by atoms with Gasteiger partial charge in [0.15, 0.2) is 0 Å². The van der Waals surface area contributed by atoms with Crippen LogP contribution in [0.3, 0.4) is 0 Å². The van der Waals surface area contributed by atoms with Crippen molar-refractivity contribution in [2.45, 2.75) is 22.8 Å². The van der Waals surface area contributed by atoms with Gasteiger partial charge in [0.1, 0.15) is 0 Å². The average molecular weight is 349 g/mol. The summed E-state index contributed by atoms with van der Waals surface area (Å²) in [5.74, 6) is 0.193. The van der Waals surface area contributed by atoms with Crippen LogP contribution in [-0.4, -0.2) is 25.4 Å². The lowest BCUT2D eigenvalue weighted by atomic mass is 10.2. The van der Waals surface area contributed by atoms with Crippen LogP contribution >= 0.6 is 0 Å². The van der Waals surface area contributed by atoms with E-state index in [1.54, 1.807) is 24.3 Å². The van der Waals surface area contributed by atoms with E-state index in [0.717, 1.165) is 10.5 Å². The minimum absolute atomic E-state index is 0.157. The molecular weight excluding hydrogens is 330 g/mol. The van der Waals surface area contributed by atoms with E-state index in [0.29, 0.717) is 0 Å². The van der Waals surface area contributed by atoms with Crippen LogP contribution in [0.15, 0.2) is 80.8 Å². The van der Waals surface area contributed by atoms with E-state index in [4.69, 9.17) is 0 Å². The van der Waals surface area contributed by atoms with Gasteiger partial charge in [0, 0.05) is 10.6 Å². The quantitative estimate of drug-likeness (QED) is 0.815. The van der Waals surface area contributed by atoms with Gasteiger partial charge in [-0.05, 0) is 41.9 Å². The highest BCUT2D eigenvalue weighted by atomic mass is 32.3. The van der Waals surface area contributed by atoms with Crippen molar-refractivity contribution in [2.75, 3.05) is 5.75 Å². The predicted molar refractivity (Wildman–Crippen MR) is 93.9 cm³/mol. The van der Waals surface area contributed by atoms with Gasteiger partial charge in [0.05, 0.1) is 11.0 Å². The normalized spacial score (nSPS) is 14.3. The summed E-state index contributed by atoms with van der Waals surface area (Å²) < 4.78 is 29.1. The van der Waals surface area contributed by atoms with Crippen LogP contribution in [0.4, 0.5) is 0 Å². The molecule has 0 aliphatic carbocycles. The first kappa shape index (κ1) is 17.6. The second kappa shape index (κ2) is 7.68. The summed E-state index contributed by atoms with van der Waals surface area (Å²) in [6.45, 7) is 5.43. The second-order valence-electron chi connectivity index (χ2n) is 5.01. The zero-order valence-electron chi connectivity index (χ0n) is 12.8. The topological polar surface area (TPSA) is 66.7 Å². The highest BCUT2D eigenvalue weighted by molar-refractivity contribution is 8.00. The van der Waals surface area contributed by atoms with E-state index >= 15 is 0 Å². The largest absolute Gasteiger partial charge is 0.388 e.